The van der Waals surface area contributed by atoms with Crippen molar-refractivity contribution in [3.05, 3.63) is 82.0 Å². The number of hydrogen-bond donors (Lipinski definition) is 2. The molecular weight excluding hydrogens is 358 g/mol. The summed E-state index contributed by atoms with van der Waals surface area (Å²) in [5, 5.41) is 15.6. The summed E-state index contributed by atoms with van der Waals surface area (Å²) in [4.78, 5) is 1.18. The number of aliphatic hydroxyl groups is 1. The van der Waals surface area contributed by atoms with Gasteiger partial charge in [0.25, 0.3) is 0 Å². The van der Waals surface area contributed by atoms with Gasteiger partial charge in [-0.2, -0.15) is 0 Å². The van der Waals surface area contributed by atoms with Gasteiger partial charge in [0.1, 0.15) is 6.61 Å². The molecule has 1 heterocycles. The molecule has 0 amide bonds. The van der Waals surface area contributed by atoms with Gasteiger partial charge in [-0.25, -0.2) is 0 Å². The smallest absolute Gasteiger partial charge is 0.161 e. The summed E-state index contributed by atoms with van der Waals surface area (Å²) in [7, 11) is 0. The van der Waals surface area contributed by atoms with Crippen LogP contribution in [0, 0.1) is 0 Å². The number of hydrogen-bond acceptors (Lipinski definition) is 5. The zero-order valence-electron chi connectivity index (χ0n) is 15.4. The van der Waals surface area contributed by atoms with Crippen LogP contribution in [0.4, 0.5) is 0 Å². The van der Waals surface area contributed by atoms with Crippen LogP contribution in [0.3, 0.4) is 0 Å². The van der Waals surface area contributed by atoms with Gasteiger partial charge in [-0.15, -0.1) is 11.3 Å². The van der Waals surface area contributed by atoms with E-state index >= 15 is 0 Å². The number of nitrogens with one attached hydrogen (secondary N) is 1. The van der Waals surface area contributed by atoms with Crippen molar-refractivity contribution in [3.63, 3.8) is 0 Å². The lowest BCUT2D eigenvalue weighted by molar-refractivity contribution is 0.174. The molecule has 142 valence electrons. The second-order valence-electron chi connectivity index (χ2n) is 6.14. The monoisotopic (exact) mass is 383 g/mol. The summed E-state index contributed by atoms with van der Waals surface area (Å²) in [6.45, 7) is 4.22. The standard InChI is InChI=1S/C22H25NO3S/c1-2-25-22-13-17(10-11-21(22)26-16-19-9-6-12-27-19)14-23-15-20(24)18-7-4-3-5-8-18/h3-13,20,23-24H,2,14-16H2,1H3. The van der Waals surface area contributed by atoms with Gasteiger partial charge in [0, 0.05) is 18.0 Å². The molecule has 0 aliphatic carbocycles. The van der Waals surface area contributed by atoms with E-state index in [0.717, 1.165) is 22.6 Å². The fourth-order valence-electron chi connectivity index (χ4n) is 2.74. The summed E-state index contributed by atoms with van der Waals surface area (Å²) < 4.78 is 11.7. The van der Waals surface area contributed by atoms with Gasteiger partial charge in [0.2, 0.25) is 0 Å². The molecule has 0 saturated heterocycles. The van der Waals surface area contributed by atoms with E-state index in [1.165, 1.54) is 4.88 Å². The number of ether oxygens (including phenoxy) is 2. The summed E-state index contributed by atoms with van der Waals surface area (Å²) in [5.41, 5.74) is 2.00. The minimum absolute atomic E-state index is 0.491. The van der Waals surface area contributed by atoms with E-state index in [2.05, 4.69) is 11.4 Å². The third-order valence-corrected chi connectivity index (χ3v) is 4.96. The van der Waals surface area contributed by atoms with E-state index in [1.807, 2.05) is 66.9 Å². The Balaban J connectivity index is 1.56. The van der Waals surface area contributed by atoms with Crippen molar-refractivity contribution in [2.75, 3.05) is 13.2 Å². The zero-order chi connectivity index (χ0) is 18.9. The van der Waals surface area contributed by atoms with Crippen molar-refractivity contribution in [1.82, 2.24) is 5.32 Å². The molecular formula is C22H25NO3S. The summed E-state index contributed by atoms with van der Waals surface area (Å²) >= 11 is 1.68. The van der Waals surface area contributed by atoms with Crippen LogP contribution in [0.25, 0.3) is 0 Å². The van der Waals surface area contributed by atoms with Crippen LogP contribution in [0.5, 0.6) is 11.5 Å². The quantitative estimate of drug-likeness (QED) is 0.539. The maximum atomic E-state index is 10.2. The van der Waals surface area contributed by atoms with Gasteiger partial charge in [0.05, 0.1) is 12.7 Å². The lowest BCUT2D eigenvalue weighted by atomic mass is 10.1. The molecule has 0 saturated carbocycles. The second kappa shape index (κ2) is 10.1. The molecule has 0 fully saturated rings. The Hall–Kier alpha value is -2.34. The van der Waals surface area contributed by atoms with Crippen molar-refractivity contribution in [2.24, 2.45) is 0 Å². The Bertz CT molecular complexity index is 806. The molecule has 2 aromatic carbocycles. The van der Waals surface area contributed by atoms with Gasteiger partial charge < -0.3 is 19.9 Å². The average Bonchev–Trinajstić information content (AvgIpc) is 3.22. The fourth-order valence-corrected chi connectivity index (χ4v) is 3.36. The van der Waals surface area contributed by atoms with E-state index in [-0.39, 0.29) is 0 Å². The van der Waals surface area contributed by atoms with E-state index in [4.69, 9.17) is 9.47 Å². The normalized spacial score (nSPS) is 11.9. The average molecular weight is 384 g/mol. The molecule has 1 aromatic heterocycles. The number of thiophene rings is 1. The first kappa shape index (κ1) is 19.4. The van der Waals surface area contributed by atoms with Gasteiger partial charge in [-0.05, 0) is 41.6 Å². The molecule has 1 unspecified atom stereocenters. The Morgan fingerprint density at radius 1 is 1.00 bits per heavy atom. The van der Waals surface area contributed by atoms with Crippen LogP contribution >= 0.6 is 11.3 Å². The fraction of sp³-hybridized carbons (Fsp3) is 0.273. The number of benzene rings is 2. The molecule has 2 N–H and O–H groups in total. The van der Waals surface area contributed by atoms with Crippen LogP contribution in [-0.4, -0.2) is 18.3 Å². The van der Waals surface area contributed by atoms with Crippen molar-refractivity contribution >= 4 is 11.3 Å². The Labute approximate surface area is 164 Å². The molecule has 0 aliphatic rings. The van der Waals surface area contributed by atoms with Gasteiger partial charge in [-0.3, -0.25) is 0 Å². The summed E-state index contributed by atoms with van der Waals surface area (Å²) in [5.74, 6) is 1.50. The van der Waals surface area contributed by atoms with Crippen LogP contribution < -0.4 is 14.8 Å². The van der Waals surface area contributed by atoms with Gasteiger partial charge in [0.15, 0.2) is 11.5 Å². The molecule has 27 heavy (non-hydrogen) atoms. The lowest BCUT2D eigenvalue weighted by Gasteiger charge is -2.15. The lowest BCUT2D eigenvalue weighted by Crippen LogP contribution is -2.21. The highest BCUT2D eigenvalue weighted by atomic mass is 32.1. The van der Waals surface area contributed by atoms with Gasteiger partial charge in [-0.1, -0.05) is 42.5 Å². The largest absolute Gasteiger partial charge is 0.490 e. The number of rotatable bonds is 10. The SMILES string of the molecule is CCOc1cc(CNCC(O)c2ccccc2)ccc1OCc1cccs1. The first-order valence-corrected chi connectivity index (χ1v) is 9.99. The van der Waals surface area contributed by atoms with Gasteiger partial charge >= 0.3 is 0 Å². The van der Waals surface area contributed by atoms with E-state index < -0.39 is 6.10 Å². The molecule has 3 rings (SSSR count). The zero-order valence-corrected chi connectivity index (χ0v) is 16.2. The van der Waals surface area contributed by atoms with E-state index in [1.54, 1.807) is 11.3 Å². The molecule has 0 spiro atoms. The molecule has 1 atom stereocenters. The second-order valence-corrected chi connectivity index (χ2v) is 7.17. The highest BCUT2D eigenvalue weighted by Gasteiger charge is 2.09. The van der Waals surface area contributed by atoms with Crippen LogP contribution in [0.2, 0.25) is 0 Å². The Kier molecular flexibility index (Phi) is 7.27. The maximum absolute atomic E-state index is 10.2. The summed E-state index contributed by atoms with van der Waals surface area (Å²) in [6, 6.07) is 19.7. The highest BCUT2D eigenvalue weighted by molar-refractivity contribution is 7.09. The molecule has 4 nitrogen and oxygen atoms in total. The topological polar surface area (TPSA) is 50.7 Å². The highest BCUT2D eigenvalue weighted by Crippen LogP contribution is 2.29. The maximum Gasteiger partial charge on any atom is 0.161 e. The first-order valence-electron chi connectivity index (χ1n) is 9.11. The van der Waals surface area contributed by atoms with Crippen molar-refractivity contribution in [2.45, 2.75) is 26.2 Å². The Morgan fingerprint density at radius 3 is 2.59 bits per heavy atom. The predicted octanol–water partition coefficient (Wildman–Crippen LogP) is 4.55. The molecule has 3 aromatic rings. The van der Waals surface area contributed by atoms with Crippen LogP contribution in [0.15, 0.2) is 66.0 Å². The summed E-state index contributed by atoms with van der Waals surface area (Å²) in [6.07, 6.45) is -0.522. The third-order valence-electron chi connectivity index (χ3n) is 4.11. The Morgan fingerprint density at radius 2 is 1.85 bits per heavy atom. The van der Waals surface area contributed by atoms with Crippen LogP contribution in [0.1, 0.15) is 29.0 Å². The van der Waals surface area contributed by atoms with Crippen molar-refractivity contribution < 1.29 is 14.6 Å². The number of aliphatic hydroxyl groups excluding tert-OH is 1. The molecule has 5 heteroatoms. The van der Waals surface area contributed by atoms with Crippen LogP contribution in [-0.2, 0) is 13.2 Å². The minimum atomic E-state index is -0.522. The molecule has 0 bridgehead atoms. The molecule has 0 aliphatic heterocycles. The minimum Gasteiger partial charge on any atom is -0.490 e. The van der Waals surface area contributed by atoms with Crippen molar-refractivity contribution in [3.8, 4) is 11.5 Å². The molecule has 0 radical (unpaired) electrons. The first-order chi connectivity index (χ1) is 13.3. The van der Waals surface area contributed by atoms with Crippen molar-refractivity contribution in [1.29, 1.82) is 0 Å². The van der Waals surface area contributed by atoms with E-state index in [0.29, 0.717) is 26.3 Å². The van der Waals surface area contributed by atoms with E-state index in [9.17, 15) is 5.11 Å². The third kappa shape index (κ3) is 5.82. The predicted molar refractivity (Wildman–Crippen MR) is 109 cm³/mol.